The fraction of sp³-hybridized carbons (Fsp3) is 0.278. The molecule has 0 amide bonds. The predicted molar refractivity (Wildman–Crippen MR) is 104 cm³/mol. The number of carbonyl (C=O) groups is 1. The van der Waals surface area contributed by atoms with Gasteiger partial charge in [-0.3, -0.25) is 4.79 Å². The van der Waals surface area contributed by atoms with Crippen LogP contribution in [0.4, 0.5) is 0 Å². The van der Waals surface area contributed by atoms with E-state index in [1.165, 1.54) is 11.8 Å². The minimum absolute atomic E-state index is 0.0983. The maximum absolute atomic E-state index is 12.7. The first-order chi connectivity index (χ1) is 11.9. The zero-order valence-corrected chi connectivity index (χ0v) is 17.0. The molecule has 3 rings (SSSR count). The summed E-state index contributed by atoms with van der Waals surface area (Å²) in [4.78, 5) is 12.7. The van der Waals surface area contributed by atoms with Gasteiger partial charge in [0.25, 0.3) is 0 Å². The van der Waals surface area contributed by atoms with Gasteiger partial charge in [0.05, 0.1) is 5.75 Å². The summed E-state index contributed by atoms with van der Waals surface area (Å²) >= 11 is 4.94. The van der Waals surface area contributed by atoms with Crippen LogP contribution >= 0.6 is 27.7 Å². The van der Waals surface area contributed by atoms with Gasteiger partial charge in [0, 0.05) is 34.2 Å². The SMILES string of the molecule is Cc1cc(-n2c(C)cc(C(=O)CSc3nncn3C)c2C)ccc1Br. The van der Waals surface area contributed by atoms with Crippen LogP contribution in [-0.4, -0.2) is 30.9 Å². The van der Waals surface area contributed by atoms with Crippen molar-refractivity contribution >= 4 is 33.5 Å². The molecule has 0 saturated heterocycles. The summed E-state index contributed by atoms with van der Waals surface area (Å²) < 4.78 is 5.01. The highest BCUT2D eigenvalue weighted by atomic mass is 79.9. The van der Waals surface area contributed by atoms with Crippen LogP contribution in [0.1, 0.15) is 27.3 Å². The van der Waals surface area contributed by atoms with E-state index in [0.29, 0.717) is 5.75 Å². The number of Topliss-reactive ketones (excluding diaryl/α,β-unsaturated/α-hetero) is 1. The molecule has 3 aromatic rings. The van der Waals surface area contributed by atoms with Gasteiger partial charge in [0.2, 0.25) is 0 Å². The van der Waals surface area contributed by atoms with Crippen molar-refractivity contribution in [2.75, 3.05) is 5.75 Å². The fourth-order valence-corrected chi connectivity index (χ4v) is 3.84. The average molecular weight is 419 g/mol. The first kappa shape index (κ1) is 17.9. The molecule has 0 bridgehead atoms. The lowest BCUT2D eigenvalue weighted by molar-refractivity contribution is 0.102. The Hall–Kier alpha value is -1.86. The van der Waals surface area contributed by atoms with E-state index in [9.17, 15) is 4.79 Å². The number of ketones is 1. The summed E-state index contributed by atoms with van der Waals surface area (Å²) in [5, 5.41) is 8.58. The number of aryl methyl sites for hydroxylation is 3. The van der Waals surface area contributed by atoms with E-state index in [1.54, 1.807) is 6.33 Å². The molecule has 0 saturated carbocycles. The second-order valence-electron chi connectivity index (χ2n) is 5.99. The van der Waals surface area contributed by atoms with E-state index in [0.717, 1.165) is 37.8 Å². The van der Waals surface area contributed by atoms with E-state index in [2.05, 4.69) is 49.8 Å². The largest absolute Gasteiger partial charge is 0.318 e. The van der Waals surface area contributed by atoms with Crippen LogP contribution in [0.3, 0.4) is 0 Å². The molecular formula is C18H19BrN4OS. The van der Waals surface area contributed by atoms with Gasteiger partial charge in [0.15, 0.2) is 10.9 Å². The van der Waals surface area contributed by atoms with Crippen molar-refractivity contribution in [2.45, 2.75) is 25.9 Å². The van der Waals surface area contributed by atoms with Crippen LogP contribution in [0.2, 0.25) is 0 Å². The molecule has 7 heteroatoms. The minimum Gasteiger partial charge on any atom is -0.318 e. The molecule has 0 atom stereocenters. The molecule has 0 aliphatic heterocycles. The average Bonchev–Trinajstić information content (AvgIpc) is 3.11. The monoisotopic (exact) mass is 418 g/mol. The van der Waals surface area contributed by atoms with Crippen LogP contribution in [0, 0.1) is 20.8 Å². The summed E-state index contributed by atoms with van der Waals surface area (Å²) in [6.45, 7) is 6.08. The smallest absolute Gasteiger partial charge is 0.191 e. The van der Waals surface area contributed by atoms with E-state index in [-0.39, 0.29) is 5.78 Å². The molecule has 0 aliphatic rings. The van der Waals surface area contributed by atoms with Crippen LogP contribution in [-0.2, 0) is 7.05 Å². The van der Waals surface area contributed by atoms with Gasteiger partial charge in [-0.1, -0.05) is 27.7 Å². The van der Waals surface area contributed by atoms with Crippen LogP contribution in [0.5, 0.6) is 0 Å². The lowest BCUT2D eigenvalue weighted by atomic mass is 10.2. The van der Waals surface area contributed by atoms with E-state index >= 15 is 0 Å². The third kappa shape index (κ3) is 3.57. The van der Waals surface area contributed by atoms with Crippen molar-refractivity contribution in [1.82, 2.24) is 19.3 Å². The van der Waals surface area contributed by atoms with Gasteiger partial charge in [-0.25, -0.2) is 0 Å². The Kier molecular flexibility index (Phi) is 5.15. The summed E-state index contributed by atoms with van der Waals surface area (Å²) in [6, 6.07) is 8.17. The molecule has 25 heavy (non-hydrogen) atoms. The Balaban J connectivity index is 1.87. The first-order valence-corrected chi connectivity index (χ1v) is 9.62. The summed E-state index contributed by atoms with van der Waals surface area (Å²) in [6.07, 6.45) is 1.63. The number of thioether (sulfide) groups is 1. The number of hydrogen-bond donors (Lipinski definition) is 0. The Morgan fingerprint density at radius 2 is 2.00 bits per heavy atom. The minimum atomic E-state index is 0.0983. The second-order valence-corrected chi connectivity index (χ2v) is 7.79. The Morgan fingerprint density at radius 1 is 1.24 bits per heavy atom. The summed E-state index contributed by atoms with van der Waals surface area (Å²) in [5.74, 6) is 0.442. The van der Waals surface area contributed by atoms with Gasteiger partial charge < -0.3 is 9.13 Å². The van der Waals surface area contributed by atoms with Gasteiger partial charge in [-0.05, 0) is 50.6 Å². The van der Waals surface area contributed by atoms with Crippen molar-refractivity contribution in [3.05, 3.63) is 57.6 Å². The lowest BCUT2D eigenvalue weighted by Gasteiger charge is -2.11. The molecule has 0 spiro atoms. The van der Waals surface area contributed by atoms with Gasteiger partial charge in [0.1, 0.15) is 6.33 Å². The zero-order chi connectivity index (χ0) is 18.1. The standard InChI is InChI=1S/C18H19BrN4OS/c1-11-7-14(5-6-16(11)19)23-12(2)8-15(13(23)3)17(24)9-25-18-21-20-10-22(18)4/h5-8,10H,9H2,1-4H3. The van der Waals surface area contributed by atoms with Gasteiger partial charge in [-0.15, -0.1) is 10.2 Å². The van der Waals surface area contributed by atoms with Crippen LogP contribution < -0.4 is 0 Å². The first-order valence-electron chi connectivity index (χ1n) is 7.84. The lowest BCUT2D eigenvalue weighted by Crippen LogP contribution is -2.06. The predicted octanol–water partition coefficient (Wildman–Crippen LogP) is 4.27. The van der Waals surface area contributed by atoms with Gasteiger partial charge in [-0.2, -0.15) is 0 Å². The zero-order valence-electron chi connectivity index (χ0n) is 14.6. The maximum atomic E-state index is 12.7. The molecule has 5 nitrogen and oxygen atoms in total. The molecule has 0 radical (unpaired) electrons. The third-order valence-corrected chi connectivity index (χ3v) is 6.06. The number of hydrogen-bond acceptors (Lipinski definition) is 4. The normalized spacial score (nSPS) is 11.1. The van der Waals surface area contributed by atoms with Crippen LogP contribution in [0.15, 0.2) is 40.2 Å². The molecule has 0 unspecified atom stereocenters. The Labute approximate surface area is 159 Å². The van der Waals surface area contributed by atoms with Crippen molar-refractivity contribution in [3.8, 4) is 5.69 Å². The number of halogens is 1. The molecule has 2 heterocycles. The van der Waals surface area contributed by atoms with E-state index in [4.69, 9.17) is 0 Å². The molecule has 0 fully saturated rings. The summed E-state index contributed by atoms with van der Waals surface area (Å²) in [7, 11) is 1.87. The third-order valence-electron chi connectivity index (χ3n) is 4.13. The molecule has 0 N–H and O–H groups in total. The van der Waals surface area contributed by atoms with Gasteiger partial charge >= 0.3 is 0 Å². The van der Waals surface area contributed by atoms with Crippen molar-refractivity contribution in [1.29, 1.82) is 0 Å². The highest BCUT2D eigenvalue weighted by molar-refractivity contribution is 9.10. The highest BCUT2D eigenvalue weighted by Gasteiger charge is 2.18. The van der Waals surface area contributed by atoms with Crippen molar-refractivity contribution in [3.63, 3.8) is 0 Å². The number of nitrogens with zero attached hydrogens (tertiary/aromatic N) is 4. The van der Waals surface area contributed by atoms with Crippen LogP contribution in [0.25, 0.3) is 5.69 Å². The topological polar surface area (TPSA) is 52.7 Å². The number of aromatic nitrogens is 4. The molecule has 130 valence electrons. The van der Waals surface area contributed by atoms with E-state index in [1.807, 2.05) is 37.6 Å². The molecule has 1 aromatic carbocycles. The fourth-order valence-electron chi connectivity index (χ4n) is 2.82. The van der Waals surface area contributed by atoms with E-state index < -0.39 is 0 Å². The Bertz CT molecular complexity index is 945. The molecule has 2 aromatic heterocycles. The highest BCUT2D eigenvalue weighted by Crippen LogP contribution is 2.26. The van der Waals surface area contributed by atoms with Crippen molar-refractivity contribution < 1.29 is 4.79 Å². The Morgan fingerprint density at radius 3 is 2.64 bits per heavy atom. The maximum Gasteiger partial charge on any atom is 0.191 e. The molecule has 0 aliphatic carbocycles. The number of rotatable bonds is 5. The summed E-state index contributed by atoms with van der Waals surface area (Å²) in [5.41, 5.74) is 4.99. The molecular weight excluding hydrogens is 400 g/mol. The second kappa shape index (κ2) is 7.17. The number of carbonyl (C=O) groups excluding carboxylic acids is 1. The van der Waals surface area contributed by atoms with Crippen molar-refractivity contribution in [2.24, 2.45) is 7.05 Å². The quantitative estimate of drug-likeness (QED) is 0.458. The number of benzene rings is 1.